The molecule has 0 unspecified atom stereocenters. The Kier molecular flexibility index (Phi) is 2.88. The van der Waals surface area contributed by atoms with Crippen molar-refractivity contribution in [1.29, 1.82) is 0 Å². The zero-order valence-corrected chi connectivity index (χ0v) is 6.83. The number of benzene rings is 1. The van der Waals surface area contributed by atoms with Gasteiger partial charge in [-0.1, -0.05) is 12.1 Å². The van der Waals surface area contributed by atoms with Crippen LogP contribution in [0.2, 0.25) is 0 Å². The van der Waals surface area contributed by atoms with Crippen molar-refractivity contribution in [2.75, 3.05) is 0 Å². The standard InChI is InChI=1S/C10H12O2/c1-2-3-8-4-5-10(12)9(6-8)7-11/h2,4-6,11-12H,1,3,7H2. The van der Waals surface area contributed by atoms with Crippen LogP contribution in [0.1, 0.15) is 11.1 Å². The molecule has 12 heavy (non-hydrogen) atoms. The van der Waals surface area contributed by atoms with Crippen LogP contribution in [0.4, 0.5) is 0 Å². The average molecular weight is 164 g/mol. The van der Waals surface area contributed by atoms with Crippen molar-refractivity contribution in [3.8, 4) is 5.75 Å². The van der Waals surface area contributed by atoms with Crippen LogP contribution >= 0.6 is 0 Å². The van der Waals surface area contributed by atoms with E-state index in [9.17, 15) is 5.11 Å². The van der Waals surface area contributed by atoms with E-state index in [0.29, 0.717) is 5.56 Å². The number of hydrogen-bond donors (Lipinski definition) is 2. The molecule has 0 aliphatic heterocycles. The molecule has 0 bridgehead atoms. The molecule has 0 aliphatic carbocycles. The minimum atomic E-state index is -0.128. The lowest BCUT2D eigenvalue weighted by Gasteiger charge is -2.02. The molecule has 2 nitrogen and oxygen atoms in total. The first-order chi connectivity index (χ1) is 5.77. The smallest absolute Gasteiger partial charge is 0.121 e. The van der Waals surface area contributed by atoms with Gasteiger partial charge in [-0.2, -0.15) is 0 Å². The Morgan fingerprint density at radius 3 is 2.75 bits per heavy atom. The van der Waals surface area contributed by atoms with Crippen LogP contribution in [0.15, 0.2) is 30.9 Å². The molecule has 0 aromatic heterocycles. The summed E-state index contributed by atoms with van der Waals surface area (Å²) in [7, 11) is 0. The van der Waals surface area contributed by atoms with E-state index >= 15 is 0 Å². The summed E-state index contributed by atoms with van der Waals surface area (Å²) in [6.45, 7) is 3.48. The SMILES string of the molecule is C=CCc1ccc(O)c(CO)c1. The molecule has 0 spiro atoms. The van der Waals surface area contributed by atoms with Crippen molar-refractivity contribution in [2.45, 2.75) is 13.0 Å². The van der Waals surface area contributed by atoms with E-state index < -0.39 is 0 Å². The maximum Gasteiger partial charge on any atom is 0.121 e. The van der Waals surface area contributed by atoms with Crippen molar-refractivity contribution in [3.63, 3.8) is 0 Å². The van der Waals surface area contributed by atoms with Crippen molar-refractivity contribution < 1.29 is 10.2 Å². The lowest BCUT2D eigenvalue weighted by molar-refractivity contribution is 0.275. The summed E-state index contributed by atoms with van der Waals surface area (Å²) in [5, 5.41) is 18.0. The van der Waals surface area contributed by atoms with Gasteiger partial charge in [0, 0.05) is 5.56 Å². The van der Waals surface area contributed by atoms with Crippen molar-refractivity contribution in [3.05, 3.63) is 42.0 Å². The quantitative estimate of drug-likeness (QED) is 0.666. The number of rotatable bonds is 3. The van der Waals surface area contributed by atoms with E-state index in [-0.39, 0.29) is 12.4 Å². The molecule has 1 aromatic rings. The summed E-state index contributed by atoms with van der Waals surface area (Å²) in [4.78, 5) is 0. The van der Waals surface area contributed by atoms with E-state index in [0.717, 1.165) is 12.0 Å². The molecular weight excluding hydrogens is 152 g/mol. The van der Waals surface area contributed by atoms with Crippen LogP contribution in [0.3, 0.4) is 0 Å². The highest BCUT2D eigenvalue weighted by molar-refractivity contribution is 5.36. The van der Waals surface area contributed by atoms with Crippen molar-refractivity contribution in [1.82, 2.24) is 0 Å². The Hall–Kier alpha value is -1.28. The number of aliphatic hydroxyl groups excluding tert-OH is 1. The molecule has 0 fully saturated rings. The molecule has 1 aromatic carbocycles. The van der Waals surface area contributed by atoms with E-state index in [2.05, 4.69) is 6.58 Å². The molecule has 2 N–H and O–H groups in total. The minimum Gasteiger partial charge on any atom is -0.508 e. The summed E-state index contributed by atoms with van der Waals surface area (Å²) in [5.74, 6) is 0.144. The number of hydrogen-bond acceptors (Lipinski definition) is 2. The highest BCUT2D eigenvalue weighted by atomic mass is 16.3. The Balaban J connectivity index is 2.96. The third kappa shape index (κ3) is 1.86. The topological polar surface area (TPSA) is 40.5 Å². The average Bonchev–Trinajstić information content (AvgIpc) is 2.09. The van der Waals surface area contributed by atoms with Gasteiger partial charge >= 0.3 is 0 Å². The van der Waals surface area contributed by atoms with Crippen molar-refractivity contribution >= 4 is 0 Å². The van der Waals surface area contributed by atoms with Gasteiger partial charge in [0.25, 0.3) is 0 Å². The fourth-order valence-corrected chi connectivity index (χ4v) is 1.06. The lowest BCUT2D eigenvalue weighted by atomic mass is 10.1. The van der Waals surface area contributed by atoms with Crippen molar-refractivity contribution in [2.24, 2.45) is 0 Å². The number of allylic oxidation sites excluding steroid dienone is 1. The van der Waals surface area contributed by atoms with Gasteiger partial charge in [0.1, 0.15) is 5.75 Å². The van der Waals surface area contributed by atoms with Gasteiger partial charge in [-0.3, -0.25) is 0 Å². The maximum atomic E-state index is 9.22. The first-order valence-corrected chi connectivity index (χ1v) is 3.80. The fourth-order valence-electron chi connectivity index (χ4n) is 1.06. The second kappa shape index (κ2) is 3.93. The molecule has 64 valence electrons. The van der Waals surface area contributed by atoms with Crippen LogP contribution in [-0.4, -0.2) is 10.2 Å². The van der Waals surface area contributed by atoms with E-state index in [1.165, 1.54) is 0 Å². The summed E-state index contributed by atoms with van der Waals surface area (Å²) in [6.07, 6.45) is 2.54. The lowest BCUT2D eigenvalue weighted by Crippen LogP contribution is -1.87. The molecule has 0 atom stereocenters. The largest absolute Gasteiger partial charge is 0.508 e. The van der Waals surface area contributed by atoms with Crippen LogP contribution in [0.25, 0.3) is 0 Å². The van der Waals surface area contributed by atoms with E-state index in [1.807, 2.05) is 6.07 Å². The Labute approximate surface area is 71.8 Å². The molecule has 2 heteroatoms. The Bertz CT molecular complexity index is 279. The number of phenols is 1. The molecule has 1 rings (SSSR count). The second-order valence-corrected chi connectivity index (χ2v) is 2.61. The highest BCUT2D eigenvalue weighted by Crippen LogP contribution is 2.18. The summed E-state index contributed by atoms with van der Waals surface area (Å²) >= 11 is 0. The van der Waals surface area contributed by atoms with Gasteiger partial charge in [0.15, 0.2) is 0 Å². The predicted molar refractivity (Wildman–Crippen MR) is 47.9 cm³/mol. The molecule has 0 aliphatic rings. The van der Waals surface area contributed by atoms with Crippen LogP contribution < -0.4 is 0 Å². The third-order valence-corrected chi connectivity index (χ3v) is 1.69. The second-order valence-electron chi connectivity index (χ2n) is 2.61. The molecular formula is C10H12O2. The van der Waals surface area contributed by atoms with Crippen LogP contribution in [-0.2, 0) is 13.0 Å². The van der Waals surface area contributed by atoms with Gasteiger partial charge in [0.05, 0.1) is 6.61 Å². The van der Waals surface area contributed by atoms with Gasteiger partial charge in [-0.25, -0.2) is 0 Å². The van der Waals surface area contributed by atoms with E-state index in [4.69, 9.17) is 5.11 Å². The molecule has 0 saturated heterocycles. The normalized spacial score (nSPS) is 9.75. The van der Waals surface area contributed by atoms with Gasteiger partial charge < -0.3 is 10.2 Å². The van der Waals surface area contributed by atoms with Gasteiger partial charge in [-0.05, 0) is 24.1 Å². The predicted octanol–water partition coefficient (Wildman–Crippen LogP) is 1.61. The Morgan fingerprint density at radius 2 is 2.17 bits per heavy atom. The molecule has 0 amide bonds. The number of aromatic hydroxyl groups is 1. The zero-order chi connectivity index (χ0) is 8.97. The zero-order valence-electron chi connectivity index (χ0n) is 6.83. The first kappa shape index (κ1) is 8.81. The van der Waals surface area contributed by atoms with Gasteiger partial charge in [-0.15, -0.1) is 6.58 Å². The highest BCUT2D eigenvalue weighted by Gasteiger charge is 1.99. The fraction of sp³-hybridized carbons (Fsp3) is 0.200. The monoisotopic (exact) mass is 164 g/mol. The minimum absolute atomic E-state index is 0.128. The molecule has 0 saturated carbocycles. The maximum absolute atomic E-state index is 9.22. The molecule has 0 radical (unpaired) electrons. The molecule has 0 heterocycles. The number of aliphatic hydroxyl groups is 1. The first-order valence-electron chi connectivity index (χ1n) is 3.80. The van der Waals surface area contributed by atoms with Gasteiger partial charge in [0.2, 0.25) is 0 Å². The summed E-state index contributed by atoms with van der Waals surface area (Å²) in [6, 6.07) is 5.18. The Morgan fingerprint density at radius 1 is 1.42 bits per heavy atom. The van der Waals surface area contributed by atoms with E-state index in [1.54, 1.807) is 18.2 Å². The van der Waals surface area contributed by atoms with Crippen LogP contribution in [0.5, 0.6) is 5.75 Å². The third-order valence-electron chi connectivity index (χ3n) is 1.69. The summed E-state index contributed by atoms with van der Waals surface area (Å²) < 4.78 is 0. The van der Waals surface area contributed by atoms with Crippen LogP contribution in [0, 0.1) is 0 Å². The summed E-state index contributed by atoms with van der Waals surface area (Å²) in [5.41, 5.74) is 1.61.